The molecule has 1 aromatic heterocycles. The van der Waals surface area contributed by atoms with Gasteiger partial charge in [0.2, 0.25) is 15.9 Å². The second kappa shape index (κ2) is 8.28. The molecular weight excluding hydrogens is 411 g/mol. The molecule has 0 bridgehead atoms. The molecule has 0 unspecified atom stereocenters. The van der Waals surface area contributed by atoms with Crippen LogP contribution in [0.5, 0.6) is 0 Å². The van der Waals surface area contributed by atoms with Crippen LogP contribution in [0.15, 0.2) is 59.8 Å². The molecule has 1 fully saturated rings. The highest BCUT2D eigenvalue weighted by atomic mass is 32.2. The van der Waals surface area contributed by atoms with Gasteiger partial charge in [0.25, 0.3) is 0 Å². The summed E-state index contributed by atoms with van der Waals surface area (Å²) < 4.78 is 42.2. The quantitative estimate of drug-likeness (QED) is 0.661. The largest absolute Gasteiger partial charge is 0.326 e. The standard InChI is InChI=1S/C19H19FN6O3S/c20-15-4-1-5-16(11-15)22-19(27)14-3-2-10-25(12-14)30(28,29)18-8-6-17(7-9-18)26-13-21-23-24-26/h1,4-9,11,13-14H,2-3,10,12H2,(H,22,27)/t14-/m1/s1. The molecule has 0 saturated carbocycles. The third kappa shape index (κ3) is 4.21. The molecule has 1 saturated heterocycles. The topological polar surface area (TPSA) is 110 Å². The van der Waals surface area contributed by atoms with Crippen LogP contribution in [-0.2, 0) is 14.8 Å². The summed E-state index contributed by atoms with van der Waals surface area (Å²) in [5.74, 6) is -1.29. The number of halogens is 1. The van der Waals surface area contributed by atoms with Crippen LogP contribution in [0.1, 0.15) is 12.8 Å². The molecule has 3 aromatic rings. The van der Waals surface area contributed by atoms with E-state index in [0.29, 0.717) is 30.8 Å². The summed E-state index contributed by atoms with van der Waals surface area (Å²) in [4.78, 5) is 12.7. The van der Waals surface area contributed by atoms with Crippen molar-refractivity contribution in [3.63, 3.8) is 0 Å². The summed E-state index contributed by atoms with van der Waals surface area (Å²) in [6, 6.07) is 11.8. The third-order valence-electron chi connectivity index (χ3n) is 4.94. The third-order valence-corrected chi connectivity index (χ3v) is 6.81. The van der Waals surface area contributed by atoms with Crippen LogP contribution >= 0.6 is 0 Å². The van der Waals surface area contributed by atoms with Gasteiger partial charge >= 0.3 is 0 Å². The molecule has 2 heterocycles. The number of aromatic nitrogens is 4. The lowest BCUT2D eigenvalue weighted by molar-refractivity contribution is -0.120. The lowest BCUT2D eigenvalue weighted by Gasteiger charge is -2.31. The van der Waals surface area contributed by atoms with Gasteiger partial charge in [0.15, 0.2) is 0 Å². The molecule has 1 atom stereocenters. The Hall–Kier alpha value is -3.18. The van der Waals surface area contributed by atoms with Crippen LogP contribution in [0, 0.1) is 11.7 Å². The minimum absolute atomic E-state index is 0.0677. The van der Waals surface area contributed by atoms with Gasteiger partial charge in [-0.1, -0.05) is 6.07 Å². The number of hydrogen-bond donors (Lipinski definition) is 1. The van der Waals surface area contributed by atoms with Crippen molar-refractivity contribution in [2.75, 3.05) is 18.4 Å². The maximum Gasteiger partial charge on any atom is 0.243 e. The monoisotopic (exact) mass is 430 g/mol. The zero-order valence-corrected chi connectivity index (χ0v) is 16.7. The lowest BCUT2D eigenvalue weighted by Crippen LogP contribution is -2.43. The summed E-state index contributed by atoms with van der Waals surface area (Å²) in [5, 5.41) is 13.5. The number of carbonyl (C=O) groups is 1. The number of carbonyl (C=O) groups excluding carboxylic acids is 1. The van der Waals surface area contributed by atoms with Gasteiger partial charge in [0.05, 0.1) is 16.5 Å². The van der Waals surface area contributed by atoms with Crippen LogP contribution in [0.2, 0.25) is 0 Å². The first-order valence-electron chi connectivity index (χ1n) is 9.33. The average Bonchev–Trinajstić information content (AvgIpc) is 3.29. The predicted octanol–water partition coefficient (Wildman–Crippen LogP) is 1.84. The maximum absolute atomic E-state index is 13.3. The van der Waals surface area contributed by atoms with E-state index in [1.54, 1.807) is 18.2 Å². The minimum Gasteiger partial charge on any atom is -0.326 e. The van der Waals surface area contributed by atoms with Gasteiger partial charge in [0.1, 0.15) is 12.1 Å². The van der Waals surface area contributed by atoms with E-state index in [1.165, 1.54) is 45.6 Å². The number of nitrogens with one attached hydrogen (secondary N) is 1. The Balaban J connectivity index is 1.47. The summed E-state index contributed by atoms with van der Waals surface area (Å²) >= 11 is 0. The molecule has 11 heteroatoms. The Kier molecular flexibility index (Phi) is 5.55. The first-order chi connectivity index (χ1) is 14.4. The fraction of sp³-hybridized carbons (Fsp3) is 0.263. The zero-order valence-electron chi connectivity index (χ0n) is 15.8. The molecule has 4 rings (SSSR count). The van der Waals surface area contributed by atoms with Crippen LogP contribution < -0.4 is 5.32 Å². The van der Waals surface area contributed by atoms with Gasteiger partial charge in [-0.3, -0.25) is 4.79 Å². The number of rotatable bonds is 5. The van der Waals surface area contributed by atoms with Crippen LogP contribution in [-0.4, -0.2) is 51.9 Å². The zero-order chi connectivity index (χ0) is 21.1. The lowest BCUT2D eigenvalue weighted by atomic mass is 9.99. The van der Waals surface area contributed by atoms with E-state index in [1.807, 2.05) is 0 Å². The SMILES string of the molecule is O=C(Nc1cccc(F)c1)[C@@H]1CCCN(S(=O)(=O)c2ccc(-n3cnnn3)cc2)C1. The van der Waals surface area contributed by atoms with E-state index in [9.17, 15) is 17.6 Å². The molecule has 0 spiro atoms. The maximum atomic E-state index is 13.3. The normalized spacial score (nSPS) is 17.6. The molecule has 1 aliphatic heterocycles. The van der Waals surface area contributed by atoms with Crippen molar-refractivity contribution in [3.05, 3.63) is 60.7 Å². The van der Waals surface area contributed by atoms with Gasteiger partial charge in [-0.15, -0.1) is 5.10 Å². The molecular formula is C19H19FN6O3S. The minimum atomic E-state index is -3.76. The molecule has 0 radical (unpaired) electrons. The highest BCUT2D eigenvalue weighted by molar-refractivity contribution is 7.89. The van der Waals surface area contributed by atoms with E-state index in [4.69, 9.17) is 0 Å². The molecule has 1 amide bonds. The van der Waals surface area contributed by atoms with Crippen molar-refractivity contribution in [1.82, 2.24) is 24.5 Å². The average molecular weight is 430 g/mol. The van der Waals surface area contributed by atoms with Crippen LogP contribution in [0.25, 0.3) is 5.69 Å². The Bertz CT molecular complexity index is 1140. The van der Waals surface area contributed by atoms with Crippen molar-refractivity contribution in [2.45, 2.75) is 17.7 Å². The number of tetrazole rings is 1. The van der Waals surface area contributed by atoms with Gasteiger partial charge in [-0.2, -0.15) is 4.31 Å². The van der Waals surface area contributed by atoms with Crippen molar-refractivity contribution in [3.8, 4) is 5.69 Å². The van der Waals surface area contributed by atoms with E-state index >= 15 is 0 Å². The van der Waals surface area contributed by atoms with Crippen molar-refractivity contribution >= 4 is 21.6 Å². The second-order valence-corrected chi connectivity index (χ2v) is 8.89. The van der Waals surface area contributed by atoms with Crippen molar-refractivity contribution in [1.29, 1.82) is 0 Å². The van der Waals surface area contributed by atoms with Crippen molar-refractivity contribution < 1.29 is 17.6 Å². The summed E-state index contributed by atoms with van der Waals surface area (Å²) in [7, 11) is -3.76. The fourth-order valence-corrected chi connectivity index (χ4v) is 4.91. The number of piperidine rings is 1. The first kappa shape index (κ1) is 20.1. The molecule has 30 heavy (non-hydrogen) atoms. The first-order valence-corrected chi connectivity index (χ1v) is 10.8. The van der Waals surface area contributed by atoms with Gasteiger partial charge < -0.3 is 5.32 Å². The van der Waals surface area contributed by atoms with E-state index < -0.39 is 21.8 Å². The highest BCUT2D eigenvalue weighted by Crippen LogP contribution is 2.25. The molecule has 0 aliphatic carbocycles. The molecule has 156 valence electrons. The number of sulfonamides is 1. The van der Waals surface area contributed by atoms with Gasteiger partial charge in [-0.05, 0) is 65.7 Å². The summed E-state index contributed by atoms with van der Waals surface area (Å²) in [5.41, 5.74) is 0.975. The summed E-state index contributed by atoms with van der Waals surface area (Å²) in [6.07, 6.45) is 2.53. The Labute approximate surface area is 172 Å². The molecule has 1 N–H and O–H groups in total. The van der Waals surface area contributed by atoms with E-state index in [0.717, 1.165) is 0 Å². The number of hydrogen-bond acceptors (Lipinski definition) is 6. The number of anilines is 1. The predicted molar refractivity (Wildman–Crippen MR) is 106 cm³/mol. The Morgan fingerprint density at radius 1 is 1.17 bits per heavy atom. The smallest absolute Gasteiger partial charge is 0.243 e. The Morgan fingerprint density at radius 2 is 1.97 bits per heavy atom. The number of nitrogens with zero attached hydrogens (tertiary/aromatic N) is 5. The number of benzene rings is 2. The fourth-order valence-electron chi connectivity index (χ4n) is 3.38. The van der Waals surface area contributed by atoms with Crippen LogP contribution in [0.4, 0.5) is 10.1 Å². The molecule has 9 nitrogen and oxygen atoms in total. The summed E-state index contributed by atoms with van der Waals surface area (Å²) in [6.45, 7) is 0.402. The second-order valence-electron chi connectivity index (χ2n) is 6.95. The van der Waals surface area contributed by atoms with E-state index in [-0.39, 0.29) is 17.3 Å². The van der Waals surface area contributed by atoms with Crippen molar-refractivity contribution in [2.24, 2.45) is 5.92 Å². The highest BCUT2D eigenvalue weighted by Gasteiger charge is 2.33. The van der Waals surface area contributed by atoms with E-state index in [2.05, 4.69) is 20.8 Å². The molecule has 1 aliphatic rings. The van der Waals surface area contributed by atoms with Gasteiger partial charge in [-0.25, -0.2) is 17.5 Å². The molecule has 2 aromatic carbocycles. The number of amides is 1. The van der Waals surface area contributed by atoms with Crippen LogP contribution in [0.3, 0.4) is 0 Å². The van der Waals surface area contributed by atoms with Gasteiger partial charge in [0, 0.05) is 18.8 Å². The Morgan fingerprint density at radius 3 is 2.67 bits per heavy atom.